The van der Waals surface area contributed by atoms with Crippen molar-refractivity contribution >= 4 is 5.91 Å². The average molecular weight is 280 g/mol. The summed E-state index contributed by atoms with van der Waals surface area (Å²) >= 11 is 0. The van der Waals surface area contributed by atoms with Crippen LogP contribution in [0.2, 0.25) is 0 Å². The second-order valence-electron chi connectivity index (χ2n) is 5.42. The summed E-state index contributed by atoms with van der Waals surface area (Å²) in [5.41, 5.74) is 0.872. The van der Waals surface area contributed by atoms with Gasteiger partial charge in [0.2, 0.25) is 5.91 Å². The lowest BCUT2D eigenvalue weighted by Crippen LogP contribution is -2.39. The van der Waals surface area contributed by atoms with E-state index >= 15 is 0 Å². The van der Waals surface area contributed by atoms with Crippen molar-refractivity contribution in [2.75, 3.05) is 26.7 Å². The molecule has 5 heteroatoms. The number of nitrogens with zero attached hydrogens (tertiary/aromatic N) is 2. The number of hydrogen-bond donors (Lipinski definition) is 1. The van der Waals surface area contributed by atoms with Crippen LogP contribution in [-0.4, -0.2) is 53.6 Å². The summed E-state index contributed by atoms with van der Waals surface area (Å²) in [4.78, 5) is 15.1. The first kappa shape index (κ1) is 14.9. The maximum absolute atomic E-state index is 13.1. The van der Waals surface area contributed by atoms with Crippen LogP contribution in [0.4, 0.5) is 4.39 Å². The highest BCUT2D eigenvalue weighted by Gasteiger charge is 2.22. The molecule has 4 nitrogen and oxygen atoms in total. The van der Waals surface area contributed by atoms with Crippen molar-refractivity contribution in [3.8, 4) is 0 Å². The van der Waals surface area contributed by atoms with E-state index in [9.17, 15) is 14.3 Å². The van der Waals surface area contributed by atoms with Crippen molar-refractivity contribution in [1.29, 1.82) is 0 Å². The van der Waals surface area contributed by atoms with E-state index in [1.54, 1.807) is 11.0 Å². The zero-order valence-corrected chi connectivity index (χ0v) is 11.8. The molecule has 1 fully saturated rings. The third-order valence-electron chi connectivity index (χ3n) is 3.47. The van der Waals surface area contributed by atoms with Crippen LogP contribution in [0.1, 0.15) is 18.4 Å². The molecule has 1 saturated heterocycles. The summed E-state index contributed by atoms with van der Waals surface area (Å²) in [7, 11) is 1.87. The number of aliphatic hydroxyl groups excluding tert-OH is 1. The number of benzene rings is 1. The topological polar surface area (TPSA) is 43.8 Å². The highest BCUT2D eigenvalue weighted by atomic mass is 19.1. The zero-order chi connectivity index (χ0) is 14.5. The van der Waals surface area contributed by atoms with Gasteiger partial charge in [0.15, 0.2) is 0 Å². The van der Waals surface area contributed by atoms with Crippen LogP contribution in [-0.2, 0) is 11.3 Å². The van der Waals surface area contributed by atoms with Crippen molar-refractivity contribution in [3.63, 3.8) is 0 Å². The van der Waals surface area contributed by atoms with Crippen molar-refractivity contribution in [3.05, 3.63) is 35.6 Å². The monoisotopic (exact) mass is 280 g/mol. The van der Waals surface area contributed by atoms with E-state index in [2.05, 4.69) is 0 Å². The first-order valence-corrected chi connectivity index (χ1v) is 6.93. The number of carbonyl (C=O) groups excluding carboxylic acids is 1. The first-order chi connectivity index (χ1) is 9.54. The Balaban J connectivity index is 1.78. The molecule has 0 saturated carbocycles. The Morgan fingerprint density at radius 1 is 1.50 bits per heavy atom. The largest absolute Gasteiger partial charge is 0.390 e. The maximum atomic E-state index is 13.1. The van der Waals surface area contributed by atoms with E-state index in [4.69, 9.17) is 0 Å². The van der Waals surface area contributed by atoms with Gasteiger partial charge in [0.1, 0.15) is 5.82 Å². The minimum Gasteiger partial charge on any atom is -0.390 e. The fraction of sp³-hybridized carbons (Fsp3) is 0.533. The number of β-amino-alcohol motifs (C(OH)–C–C–N with tert-alkyl or cyclic N) is 1. The van der Waals surface area contributed by atoms with Crippen LogP contribution in [0, 0.1) is 5.82 Å². The smallest absolute Gasteiger partial charge is 0.222 e. The Labute approximate surface area is 118 Å². The van der Waals surface area contributed by atoms with Gasteiger partial charge in [-0.1, -0.05) is 12.1 Å². The Kier molecular flexibility index (Phi) is 5.09. The molecular formula is C15H21FN2O2. The number of aliphatic hydroxyl groups is 1. The standard InChI is InChI=1S/C15H21FN2O2/c1-17(9-12-4-2-5-13(16)8-12)10-14(19)11-18-7-3-6-15(18)20/h2,4-5,8,14,19H,3,6-7,9-11H2,1H3. The quantitative estimate of drug-likeness (QED) is 0.852. The van der Waals surface area contributed by atoms with Gasteiger partial charge < -0.3 is 10.0 Å². The second kappa shape index (κ2) is 6.81. The highest BCUT2D eigenvalue weighted by Crippen LogP contribution is 2.11. The molecule has 20 heavy (non-hydrogen) atoms. The number of rotatable bonds is 6. The molecule has 0 bridgehead atoms. The molecule has 0 spiro atoms. The number of halogens is 1. The molecule has 110 valence electrons. The van der Waals surface area contributed by atoms with Gasteiger partial charge in [0, 0.05) is 32.6 Å². The summed E-state index contributed by atoms with van der Waals surface area (Å²) in [6, 6.07) is 6.44. The Bertz CT molecular complexity index is 467. The average Bonchev–Trinajstić information content (AvgIpc) is 2.74. The molecule has 2 rings (SSSR count). The molecular weight excluding hydrogens is 259 g/mol. The number of carbonyl (C=O) groups is 1. The second-order valence-corrected chi connectivity index (χ2v) is 5.42. The molecule has 1 aliphatic rings. The summed E-state index contributed by atoms with van der Waals surface area (Å²) in [5.74, 6) is -0.129. The summed E-state index contributed by atoms with van der Waals surface area (Å²) in [5, 5.41) is 10.0. The Hall–Kier alpha value is -1.46. The summed E-state index contributed by atoms with van der Waals surface area (Å²) < 4.78 is 13.1. The molecule has 0 aromatic heterocycles. The van der Waals surface area contributed by atoms with E-state index in [0.29, 0.717) is 26.1 Å². The summed E-state index contributed by atoms with van der Waals surface area (Å²) in [6.07, 6.45) is 0.895. The lowest BCUT2D eigenvalue weighted by molar-refractivity contribution is -0.129. The number of amides is 1. The van der Waals surface area contributed by atoms with Crippen molar-refractivity contribution in [2.45, 2.75) is 25.5 Å². The Morgan fingerprint density at radius 3 is 2.95 bits per heavy atom. The van der Waals surface area contributed by atoms with Crippen molar-refractivity contribution in [2.24, 2.45) is 0 Å². The van der Waals surface area contributed by atoms with Crippen LogP contribution in [0.5, 0.6) is 0 Å². The molecule has 1 unspecified atom stereocenters. The number of likely N-dealkylation sites (N-methyl/N-ethyl adjacent to an activating group) is 1. The van der Waals surface area contributed by atoms with E-state index in [0.717, 1.165) is 18.5 Å². The van der Waals surface area contributed by atoms with Crippen LogP contribution in [0.3, 0.4) is 0 Å². The van der Waals surface area contributed by atoms with Gasteiger partial charge in [-0.3, -0.25) is 9.69 Å². The third-order valence-corrected chi connectivity index (χ3v) is 3.47. The van der Waals surface area contributed by atoms with E-state index < -0.39 is 6.10 Å². The van der Waals surface area contributed by atoms with Gasteiger partial charge in [-0.2, -0.15) is 0 Å². The van der Waals surface area contributed by atoms with Gasteiger partial charge >= 0.3 is 0 Å². The predicted octanol–water partition coefficient (Wildman–Crippen LogP) is 1.24. The van der Waals surface area contributed by atoms with Crippen molar-refractivity contribution in [1.82, 2.24) is 9.80 Å². The Morgan fingerprint density at radius 2 is 2.30 bits per heavy atom. The molecule has 0 aliphatic carbocycles. The predicted molar refractivity (Wildman–Crippen MR) is 74.6 cm³/mol. The van der Waals surface area contributed by atoms with E-state index in [1.165, 1.54) is 12.1 Å². The van der Waals surface area contributed by atoms with Gasteiger partial charge in [-0.15, -0.1) is 0 Å². The highest BCUT2D eigenvalue weighted by molar-refractivity contribution is 5.78. The van der Waals surface area contributed by atoms with Crippen LogP contribution < -0.4 is 0 Å². The molecule has 1 aromatic rings. The molecule has 1 N–H and O–H groups in total. The van der Waals surface area contributed by atoms with Gasteiger partial charge in [0.25, 0.3) is 0 Å². The van der Waals surface area contributed by atoms with Gasteiger partial charge in [-0.25, -0.2) is 4.39 Å². The van der Waals surface area contributed by atoms with Crippen LogP contribution in [0.25, 0.3) is 0 Å². The lowest BCUT2D eigenvalue weighted by Gasteiger charge is -2.24. The van der Waals surface area contributed by atoms with Gasteiger partial charge in [-0.05, 0) is 31.2 Å². The van der Waals surface area contributed by atoms with Crippen LogP contribution >= 0.6 is 0 Å². The lowest BCUT2D eigenvalue weighted by atomic mass is 10.2. The number of likely N-dealkylation sites (tertiary alicyclic amines) is 1. The first-order valence-electron chi connectivity index (χ1n) is 6.93. The van der Waals surface area contributed by atoms with Gasteiger partial charge in [0.05, 0.1) is 6.10 Å². The van der Waals surface area contributed by atoms with Crippen LogP contribution in [0.15, 0.2) is 24.3 Å². The minimum absolute atomic E-state index is 0.122. The van der Waals surface area contributed by atoms with E-state index in [1.807, 2.05) is 18.0 Å². The zero-order valence-electron chi connectivity index (χ0n) is 11.8. The molecule has 1 atom stereocenters. The third kappa shape index (κ3) is 4.28. The minimum atomic E-state index is -0.574. The fourth-order valence-corrected chi connectivity index (χ4v) is 2.58. The molecule has 1 aromatic carbocycles. The molecule has 1 heterocycles. The SMILES string of the molecule is CN(Cc1cccc(F)c1)CC(O)CN1CCCC1=O. The molecule has 1 amide bonds. The normalized spacial score (nSPS) is 17.0. The fourth-order valence-electron chi connectivity index (χ4n) is 2.58. The molecule has 1 aliphatic heterocycles. The van der Waals surface area contributed by atoms with E-state index in [-0.39, 0.29) is 11.7 Å². The number of hydrogen-bond acceptors (Lipinski definition) is 3. The summed E-state index contributed by atoms with van der Waals surface area (Å²) in [6.45, 7) is 2.15. The molecule has 0 radical (unpaired) electrons. The maximum Gasteiger partial charge on any atom is 0.222 e. The van der Waals surface area contributed by atoms with Crippen molar-refractivity contribution < 1.29 is 14.3 Å².